The summed E-state index contributed by atoms with van der Waals surface area (Å²) in [5, 5.41) is 12.3. The standard InChI is InChI=1S/C16H28N2O3/c1-2-13-6-5-10-18(11-7-13)15(21)17-12-16(14(19)20)8-3-4-9-16/h13H,2-12H2,1H3,(H,17,21)(H,19,20). The quantitative estimate of drug-likeness (QED) is 0.838. The van der Waals surface area contributed by atoms with Gasteiger partial charge < -0.3 is 15.3 Å². The molecule has 5 heteroatoms. The second kappa shape index (κ2) is 7.14. The van der Waals surface area contributed by atoms with Crippen LogP contribution in [0.1, 0.15) is 58.3 Å². The summed E-state index contributed by atoms with van der Waals surface area (Å²) >= 11 is 0. The van der Waals surface area contributed by atoms with E-state index in [9.17, 15) is 14.7 Å². The number of aliphatic carboxylic acids is 1. The molecule has 1 saturated heterocycles. The molecule has 2 rings (SSSR count). The predicted molar refractivity (Wildman–Crippen MR) is 81.1 cm³/mol. The van der Waals surface area contributed by atoms with Crippen LogP contribution < -0.4 is 5.32 Å². The van der Waals surface area contributed by atoms with Gasteiger partial charge in [-0.3, -0.25) is 4.79 Å². The number of nitrogens with zero attached hydrogens (tertiary/aromatic N) is 1. The number of amides is 2. The van der Waals surface area contributed by atoms with E-state index in [2.05, 4.69) is 12.2 Å². The highest BCUT2D eigenvalue weighted by molar-refractivity contribution is 5.78. The lowest BCUT2D eigenvalue weighted by Crippen LogP contribution is -2.47. The van der Waals surface area contributed by atoms with Crippen molar-refractivity contribution in [1.82, 2.24) is 10.2 Å². The summed E-state index contributed by atoms with van der Waals surface area (Å²) in [6.45, 7) is 4.07. The van der Waals surface area contributed by atoms with E-state index in [0.29, 0.717) is 12.8 Å². The monoisotopic (exact) mass is 296 g/mol. The van der Waals surface area contributed by atoms with E-state index >= 15 is 0 Å². The van der Waals surface area contributed by atoms with Crippen LogP contribution in [0, 0.1) is 11.3 Å². The van der Waals surface area contributed by atoms with Crippen LogP contribution in [0.2, 0.25) is 0 Å². The van der Waals surface area contributed by atoms with Crippen molar-refractivity contribution in [2.24, 2.45) is 11.3 Å². The Kier molecular flexibility index (Phi) is 5.48. The van der Waals surface area contributed by atoms with Gasteiger partial charge in [0.05, 0.1) is 5.41 Å². The van der Waals surface area contributed by atoms with Crippen molar-refractivity contribution < 1.29 is 14.7 Å². The molecule has 0 radical (unpaired) electrons. The SMILES string of the molecule is CCC1CCCN(C(=O)NCC2(C(=O)O)CCCC2)CC1. The Hall–Kier alpha value is -1.26. The lowest BCUT2D eigenvalue weighted by molar-refractivity contribution is -0.148. The lowest BCUT2D eigenvalue weighted by Gasteiger charge is -2.27. The van der Waals surface area contributed by atoms with Crippen molar-refractivity contribution in [3.8, 4) is 0 Å². The third-order valence-corrected chi connectivity index (χ3v) is 5.30. The molecule has 0 aromatic carbocycles. The second-order valence-corrected chi connectivity index (χ2v) is 6.64. The first-order valence-corrected chi connectivity index (χ1v) is 8.33. The Labute approximate surface area is 127 Å². The van der Waals surface area contributed by atoms with Crippen molar-refractivity contribution in [2.75, 3.05) is 19.6 Å². The highest BCUT2D eigenvalue weighted by Crippen LogP contribution is 2.37. The fraction of sp³-hybridized carbons (Fsp3) is 0.875. The van der Waals surface area contributed by atoms with Crippen LogP contribution in [0.3, 0.4) is 0 Å². The maximum absolute atomic E-state index is 12.3. The fourth-order valence-corrected chi connectivity index (χ4v) is 3.65. The highest BCUT2D eigenvalue weighted by atomic mass is 16.4. The Balaban J connectivity index is 1.85. The topological polar surface area (TPSA) is 69.6 Å². The molecule has 5 nitrogen and oxygen atoms in total. The minimum Gasteiger partial charge on any atom is -0.481 e. The van der Waals surface area contributed by atoms with Gasteiger partial charge in [0, 0.05) is 19.6 Å². The van der Waals surface area contributed by atoms with Gasteiger partial charge in [-0.25, -0.2) is 4.79 Å². The van der Waals surface area contributed by atoms with Crippen LogP contribution in [0.4, 0.5) is 4.79 Å². The minimum absolute atomic E-state index is 0.0840. The summed E-state index contributed by atoms with van der Waals surface area (Å²) in [5.74, 6) is -0.0368. The second-order valence-electron chi connectivity index (χ2n) is 6.64. The summed E-state index contributed by atoms with van der Waals surface area (Å²) in [5.41, 5.74) is -0.729. The van der Waals surface area contributed by atoms with Gasteiger partial charge in [0.25, 0.3) is 0 Å². The number of rotatable bonds is 4. The molecule has 0 aromatic heterocycles. The summed E-state index contributed by atoms with van der Waals surface area (Å²) < 4.78 is 0. The van der Waals surface area contributed by atoms with Gasteiger partial charge in [0.15, 0.2) is 0 Å². The van der Waals surface area contributed by atoms with Gasteiger partial charge in [-0.05, 0) is 38.0 Å². The minimum atomic E-state index is -0.762. The lowest BCUT2D eigenvalue weighted by atomic mass is 9.86. The first kappa shape index (κ1) is 16.1. The van der Waals surface area contributed by atoms with Gasteiger partial charge in [0.1, 0.15) is 0 Å². The van der Waals surface area contributed by atoms with Gasteiger partial charge >= 0.3 is 12.0 Å². The average molecular weight is 296 g/mol. The van der Waals surface area contributed by atoms with Crippen molar-refractivity contribution >= 4 is 12.0 Å². The fourth-order valence-electron chi connectivity index (χ4n) is 3.65. The van der Waals surface area contributed by atoms with Crippen LogP contribution in [0.15, 0.2) is 0 Å². The number of carboxylic acid groups (broad SMARTS) is 1. The Bertz CT molecular complexity index is 378. The predicted octanol–water partition coefficient (Wildman–Crippen LogP) is 2.85. The molecule has 2 fully saturated rings. The number of carbonyl (C=O) groups is 2. The van der Waals surface area contributed by atoms with E-state index in [1.807, 2.05) is 4.90 Å². The maximum Gasteiger partial charge on any atom is 0.317 e. The van der Waals surface area contributed by atoms with E-state index < -0.39 is 11.4 Å². The van der Waals surface area contributed by atoms with Crippen LogP contribution in [0.25, 0.3) is 0 Å². The Morgan fingerprint density at radius 1 is 1.19 bits per heavy atom. The highest BCUT2D eigenvalue weighted by Gasteiger charge is 2.41. The smallest absolute Gasteiger partial charge is 0.317 e. The van der Waals surface area contributed by atoms with Gasteiger partial charge in [0.2, 0.25) is 0 Å². The maximum atomic E-state index is 12.3. The molecule has 2 aliphatic rings. The molecule has 21 heavy (non-hydrogen) atoms. The third-order valence-electron chi connectivity index (χ3n) is 5.30. The molecule has 0 bridgehead atoms. The summed E-state index contributed by atoms with van der Waals surface area (Å²) in [6, 6.07) is -0.0840. The van der Waals surface area contributed by atoms with Crippen molar-refractivity contribution in [3.05, 3.63) is 0 Å². The number of urea groups is 1. The van der Waals surface area contributed by atoms with Crippen LogP contribution in [0.5, 0.6) is 0 Å². The summed E-state index contributed by atoms with van der Waals surface area (Å²) in [4.78, 5) is 25.6. The third kappa shape index (κ3) is 3.89. The van der Waals surface area contributed by atoms with Crippen LogP contribution in [-0.2, 0) is 4.79 Å². The normalized spacial score (nSPS) is 25.4. The molecular weight excluding hydrogens is 268 g/mol. The zero-order valence-corrected chi connectivity index (χ0v) is 13.1. The largest absolute Gasteiger partial charge is 0.481 e. The zero-order valence-electron chi connectivity index (χ0n) is 13.1. The molecule has 1 unspecified atom stereocenters. The van der Waals surface area contributed by atoms with E-state index in [1.165, 1.54) is 12.8 Å². The number of hydrogen-bond donors (Lipinski definition) is 2. The van der Waals surface area contributed by atoms with Gasteiger partial charge in [-0.1, -0.05) is 26.2 Å². The molecule has 1 atom stereocenters. The van der Waals surface area contributed by atoms with Crippen LogP contribution >= 0.6 is 0 Å². The molecule has 2 N–H and O–H groups in total. The van der Waals surface area contributed by atoms with E-state index in [1.54, 1.807) is 0 Å². The molecule has 1 saturated carbocycles. The Morgan fingerprint density at radius 2 is 1.90 bits per heavy atom. The molecule has 1 aliphatic heterocycles. The van der Waals surface area contributed by atoms with E-state index in [-0.39, 0.29) is 12.6 Å². The molecule has 2 amide bonds. The van der Waals surface area contributed by atoms with Crippen molar-refractivity contribution in [1.29, 1.82) is 0 Å². The number of carbonyl (C=O) groups excluding carboxylic acids is 1. The van der Waals surface area contributed by atoms with Crippen molar-refractivity contribution in [2.45, 2.75) is 58.3 Å². The average Bonchev–Trinajstić information content (AvgIpc) is 2.83. The first-order chi connectivity index (χ1) is 10.1. The van der Waals surface area contributed by atoms with E-state index in [4.69, 9.17) is 0 Å². The van der Waals surface area contributed by atoms with Crippen LogP contribution in [-0.4, -0.2) is 41.6 Å². The number of nitrogens with one attached hydrogen (secondary N) is 1. The molecule has 0 aromatic rings. The van der Waals surface area contributed by atoms with Gasteiger partial charge in [-0.2, -0.15) is 0 Å². The first-order valence-electron chi connectivity index (χ1n) is 8.33. The summed E-state index contributed by atoms with van der Waals surface area (Å²) in [7, 11) is 0. The zero-order chi connectivity index (χ0) is 15.3. The molecule has 0 spiro atoms. The molecule has 1 aliphatic carbocycles. The molecular formula is C16H28N2O3. The molecule has 120 valence electrons. The number of carboxylic acids is 1. The molecule has 1 heterocycles. The number of likely N-dealkylation sites (tertiary alicyclic amines) is 1. The number of hydrogen-bond acceptors (Lipinski definition) is 2. The van der Waals surface area contributed by atoms with Gasteiger partial charge in [-0.15, -0.1) is 0 Å². The summed E-state index contributed by atoms with van der Waals surface area (Å²) in [6.07, 6.45) is 7.75. The van der Waals surface area contributed by atoms with E-state index in [0.717, 1.165) is 44.7 Å². The van der Waals surface area contributed by atoms with Crippen molar-refractivity contribution in [3.63, 3.8) is 0 Å². The Morgan fingerprint density at radius 3 is 2.52 bits per heavy atom.